The number of anilines is 1. The van der Waals surface area contributed by atoms with Crippen LogP contribution in [0.1, 0.15) is 5.56 Å². The van der Waals surface area contributed by atoms with E-state index < -0.39 is 0 Å². The topological polar surface area (TPSA) is 74.1 Å². The van der Waals surface area contributed by atoms with Crippen molar-refractivity contribution in [1.29, 1.82) is 0 Å². The molecule has 0 fully saturated rings. The van der Waals surface area contributed by atoms with E-state index in [0.29, 0.717) is 17.3 Å². The summed E-state index contributed by atoms with van der Waals surface area (Å²) in [6, 6.07) is 25.2. The van der Waals surface area contributed by atoms with Crippen LogP contribution in [0.2, 0.25) is 0 Å². The fraction of sp³-hybridized carbons (Fsp3) is 0.0455. The van der Waals surface area contributed by atoms with Crippen LogP contribution in [0.25, 0.3) is 10.9 Å². The number of rotatable bonds is 5. The molecule has 4 aromatic rings. The van der Waals surface area contributed by atoms with Crippen LogP contribution in [0.3, 0.4) is 0 Å². The summed E-state index contributed by atoms with van der Waals surface area (Å²) in [7, 11) is 1.61. The van der Waals surface area contributed by atoms with Gasteiger partial charge in [-0.2, -0.15) is 5.10 Å². The molecule has 0 unspecified atom stereocenters. The molecule has 0 bridgehead atoms. The SMILES string of the molecule is COc1ccccc1N=N/C(=N\Nc1ccccc1)c1c[nH]c2ccccc12. The van der Waals surface area contributed by atoms with Crippen LogP contribution in [-0.2, 0) is 0 Å². The molecule has 0 aliphatic carbocycles. The van der Waals surface area contributed by atoms with Gasteiger partial charge in [0.25, 0.3) is 0 Å². The van der Waals surface area contributed by atoms with Crippen molar-refractivity contribution in [3.8, 4) is 5.75 Å². The van der Waals surface area contributed by atoms with E-state index >= 15 is 0 Å². The number of hydrogen-bond donors (Lipinski definition) is 2. The Kier molecular flexibility index (Phi) is 5.11. The van der Waals surface area contributed by atoms with Gasteiger partial charge in [-0.15, -0.1) is 10.2 Å². The van der Waals surface area contributed by atoms with Gasteiger partial charge in [-0.25, -0.2) is 0 Å². The van der Waals surface area contributed by atoms with E-state index in [-0.39, 0.29) is 0 Å². The molecule has 6 nitrogen and oxygen atoms in total. The van der Waals surface area contributed by atoms with Crippen molar-refractivity contribution in [3.05, 3.63) is 90.6 Å². The minimum absolute atomic E-state index is 0.465. The molecule has 3 aromatic carbocycles. The summed E-state index contributed by atoms with van der Waals surface area (Å²) in [5.41, 5.74) is 6.43. The number of ether oxygens (including phenoxy) is 1. The number of aromatic nitrogens is 1. The number of nitrogens with zero attached hydrogens (tertiary/aromatic N) is 3. The van der Waals surface area contributed by atoms with Crippen molar-refractivity contribution >= 4 is 28.1 Å². The Hall–Kier alpha value is -3.93. The van der Waals surface area contributed by atoms with Gasteiger partial charge in [0.05, 0.1) is 12.8 Å². The molecule has 28 heavy (non-hydrogen) atoms. The number of amidine groups is 1. The van der Waals surface area contributed by atoms with Crippen LogP contribution >= 0.6 is 0 Å². The highest BCUT2D eigenvalue weighted by Crippen LogP contribution is 2.27. The smallest absolute Gasteiger partial charge is 0.203 e. The largest absolute Gasteiger partial charge is 0.494 e. The quantitative estimate of drug-likeness (QED) is 0.204. The Morgan fingerprint density at radius 2 is 1.64 bits per heavy atom. The fourth-order valence-electron chi connectivity index (χ4n) is 2.84. The highest BCUT2D eigenvalue weighted by Gasteiger charge is 2.11. The molecule has 0 aliphatic rings. The van der Waals surface area contributed by atoms with Crippen molar-refractivity contribution in [2.45, 2.75) is 0 Å². The summed E-state index contributed by atoms with van der Waals surface area (Å²) in [5.74, 6) is 1.12. The average molecular weight is 369 g/mol. The van der Waals surface area contributed by atoms with Gasteiger partial charge >= 0.3 is 0 Å². The molecule has 1 heterocycles. The predicted octanol–water partition coefficient (Wildman–Crippen LogP) is 5.73. The van der Waals surface area contributed by atoms with Gasteiger partial charge in [0, 0.05) is 22.7 Å². The zero-order chi connectivity index (χ0) is 19.2. The summed E-state index contributed by atoms with van der Waals surface area (Å²) in [4.78, 5) is 3.25. The minimum Gasteiger partial charge on any atom is -0.494 e. The van der Waals surface area contributed by atoms with Gasteiger partial charge in [-0.3, -0.25) is 5.43 Å². The first kappa shape index (κ1) is 17.5. The summed E-state index contributed by atoms with van der Waals surface area (Å²) in [5, 5.41) is 14.3. The molecule has 0 aliphatic heterocycles. The van der Waals surface area contributed by atoms with Crippen LogP contribution in [0.5, 0.6) is 5.75 Å². The van der Waals surface area contributed by atoms with Gasteiger partial charge in [0.15, 0.2) is 0 Å². The number of aromatic amines is 1. The van der Waals surface area contributed by atoms with Crippen molar-refractivity contribution in [3.63, 3.8) is 0 Å². The van der Waals surface area contributed by atoms with E-state index in [9.17, 15) is 0 Å². The average Bonchev–Trinajstić information content (AvgIpc) is 3.19. The van der Waals surface area contributed by atoms with Crippen molar-refractivity contribution in [1.82, 2.24) is 4.98 Å². The van der Waals surface area contributed by atoms with Gasteiger partial charge < -0.3 is 9.72 Å². The van der Waals surface area contributed by atoms with Crippen molar-refractivity contribution in [2.75, 3.05) is 12.5 Å². The Morgan fingerprint density at radius 1 is 0.893 bits per heavy atom. The number of benzene rings is 3. The number of methoxy groups -OCH3 is 1. The lowest BCUT2D eigenvalue weighted by molar-refractivity contribution is 0.416. The second-order valence-electron chi connectivity index (χ2n) is 6.03. The van der Waals surface area contributed by atoms with Gasteiger partial charge in [0.2, 0.25) is 5.84 Å². The maximum atomic E-state index is 5.35. The molecule has 0 amide bonds. The molecule has 2 N–H and O–H groups in total. The number of H-pyrrole nitrogens is 1. The van der Waals surface area contributed by atoms with Crippen LogP contribution < -0.4 is 10.2 Å². The summed E-state index contributed by atoms with van der Waals surface area (Å²) >= 11 is 0. The van der Waals surface area contributed by atoms with E-state index in [1.807, 2.05) is 85.1 Å². The Balaban J connectivity index is 1.74. The first-order valence-electron chi connectivity index (χ1n) is 8.85. The minimum atomic E-state index is 0.465. The molecule has 0 radical (unpaired) electrons. The van der Waals surface area contributed by atoms with E-state index in [2.05, 4.69) is 25.7 Å². The highest BCUT2D eigenvalue weighted by molar-refractivity contribution is 6.10. The second kappa shape index (κ2) is 8.18. The molecular formula is C22H19N5O. The monoisotopic (exact) mass is 369 g/mol. The Bertz CT molecular complexity index is 1130. The normalized spacial score (nSPS) is 11.8. The maximum Gasteiger partial charge on any atom is 0.203 e. The predicted molar refractivity (Wildman–Crippen MR) is 112 cm³/mol. The van der Waals surface area contributed by atoms with Crippen molar-refractivity contribution in [2.24, 2.45) is 15.3 Å². The summed E-state index contributed by atoms with van der Waals surface area (Å²) in [6.45, 7) is 0. The van der Waals surface area contributed by atoms with Crippen LogP contribution in [0, 0.1) is 0 Å². The van der Waals surface area contributed by atoms with Gasteiger partial charge in [0.1, 0.15) is 11.4 Å². The zero-order valence-corrected chi connectivity index (χ0v) is 15.3. The van der Waals surface area contributed by atoms with E-state index in [1.54, 1.807) is 7.11 Å². The van der Waals surface area contributed by atoms with Crippen molar-refractivity contribution < 1.29 is 4.74 Å². The van der Waals surface area contributed by atoms with Gasteiger partial charge in [-0.05, 0) is 30.3 Å². The van der Waals surface area contributed by atoms with Gasteiger partial charge in [-0.1, -0.05) is 48.5 Å². The Labute approximate surface area is 162 Å². The standard InChI is InChI=1S/C22H19N5O/c1-28-21-14-8-7-13-20(21)25-27-22(26-24-16-9-3-2-4-10-16)18-15-23-19-12-6-5-11-17(18)19/h2-15,23-24H,1H3/b26-22-,27-25?. The van der Waals surface area contributed by atoms with Crippen LogP contribution in [0.4, 0.5) is 11.4 Å². The number of para-hydroxylation sites is 3. The summed E-state index contributed by atoms with van der Waals surface area (Å²) < 4.78 is 5.35. The maximum absolute atomic E-state index is 5.35. The second-order valence-corrected chi connectivity index (χ2v) is 6.03. The van der Waals surface area contributed by atoms with E-state index in [0.717, 1.165) is 22.2 Å². The number of hydrazone groups is 1. The summed E-state index contributed by atoms with van der Waals surface area (Å²) in [6.07, 6.45) is 1.89. The number of nitrogens with one attached hydrogen (secondary N) is 2. The molecule has 6 heteroatoms. The molecule has 0 spiro atoms. The third kappa shape index (κ3) is 3.76. The molecule has 4 rings (SSSR count). The zero-order valence-electron chi connectivity index (χ0n) is 15.3. The first-order valence-corrected chi connectivity index (χ1v) is 8.85. The highest BCUT2D eigenvalue weighted by atomic mass is 16.5. The lowest BCUT2D eigenvalue weighted by Gasteiger charge is -2.04. The molecule has 138 valence electrons. The third-order valence-electron chi connectivity index (χ3n) is 4.23. The lowest BCUT2D eigenvalue weighted by Crippen LogP contribution is -2.00. The molecular weight excluding hydrogens is 350 g/mol. The molecule has 0 atom stereocenters. The lowest BCUT2D eigenvalue weighted by atomic mass is 10.1. The number of hydrogen-bond acceptors (Lipinski definition) is 4. The van der Waals surface area contributed by atoms with Crippen LogP contribution in [0.15, 0.2) is 100 Å². The molecule has 0 saturated carbocycles. The number of azo groups is 1. The van der Waals surface area contributed by atoms with Crippen LogP contribution in [-0.4, -0.2) is 17.9 Å². The molecule has 0 saturated heterocycles. The first-order chi connectivity index (χ1) is 13.8. The Morgan fingerprint density at radius 3 is 2.50 bits per heavy atom. The van der Waals surface area contributed by atoms with E-state index in [4.69, 9.17) is 4.74 Å². The fourth-order valence-corrected chi connectivity index (χ4v) is 2.84. The molecule has 1 aromatic heterocycles. The van der Waals surface area contributed by atoms with E-state index in [1.165, 1.54) is 0 Å². The number of fused-ring (bicyclic) bond motifs is 1. The third-order valence-corrected chi connectivity index (χ3v) is 4.23.